The Bertz CT molecular complexity index is 458. The van der Waals surface area contributed by atoms with Gasteiger partial charge in [-0.05, 0) is 25.0 Å². The summed E-state index contributed by atoms with van der Waals surface area (Å²) >= 11 is 5.50. The van der Waals surface area contributed by atoms with E-state index in [9.17, 15) is 10.1 Å². The van der Waals surface area contributed by atoms with Crippen LogP contribution in [0.3, 0.4) is 0 Å². The lowest BCUT2D eigenvalue weighted by atomic mass is 10.1. The number of benzene rings is 1. The van der Waals surface area contributed by atoms with Crippen LogP contribution in [0.2, 0.25) is 0 Å². The molecule has 0 aliphatic carbocycles. The van der Waals surface area contributed by atoms with Crippen molar-refractivity contribution in [1.29, 1.82) is 0 Å². The second kappa shape index (κ2) is 4.94. The molecule has 6 heteroatoms. The van der Waals surface area contributed by atoms with E-state index in [-0.39, 0.29) is 23.1 Å². The number of nitrogens with two attached hydrogens (primary N) is 1. The Morgan fingerprint density at radius 2 is 2.19 bits per heavy atom. The van der Waals surface area contributed by atoms with Crippen LogP contribution in [-0.4, -0.2) is 16.6 Å². The van der Waals surface area contributed by atoms with Gasteiger partial charge in [0.25, 0.3) is 5.69 Å². The lowest BCUT2D eigenvalue weighted by Gasteiger charge is -2.05. The fourth-order valence-corrected chi connectivity index (χ4v) is 1.31. The van der Waals surface area contributed by atoms with E-state index in [2.05, 4.69) is 4.99 Å². The third kappa shape index (κ3) is 2.49. The third-order valence-electron chi connectivity index (χ3n) is 2.27. The van der Waals surface area contributed by atoms with Crippen LogP contribution in [-0.2, 0) is 0 Å². The van der Waals surface area contributed by atoms with Gasteiger partial charge in [0, 0.05) is 6.07 Å². The molecule has 0 saturated carbocycles. The SMILES string of the molecule is Cc1ccc([N+](=O)[O-])c(N=C(N)CCl)c1C. The van der Waals surface area contributed by atoms with Gasteiger partial charge in [-0.2, -0.15) is 0 Å². The number of nitro benzene ring substituents is 1. The van der Waals surface area contributed by atoms with E-state index >= 15 is 0 Å². The number of nitrogens with zero attached hydrogens (tertiary/aromatic N) is 2. The van der Waals surface area contributed by atoms with E-state index in [1.807, 2.05) is 6.92 Å². The maximum atomic E-state index is 10.8. The van der Waals surface area contributed by atoms with E-state index in [4.69, 9.17) is 17.3 Å². The Kier molecular flexibility index (Phi) is 3.84. The molecule has 0 fully saturated rings. The summed E-state index contributed by atoms with van der Waals surface area (Å²) in [6.45, 7) is 3.62. The molecule has 0 aromatic heterocycles. The normalized spacial score (nSPS) is 11.6. The quantitative estimate of drug-likeness (QED) is 0.290. The predicted octanol–water partition coefficient (Wildman–Crippen LogP) is 2.44. The number of hydrogen-bond donors (Lipinski definition) is 1. The third-order valence-corrected chi connectivity index (χ3v) is 2.54. The summed E-state index contributed by atoms with van der Waals surface area (Å²) in [7, 11) is 0. The lowest BCUT2D eigenvalue weighted by Crippen LogP contribution is -2.12. The lowest BCUT2D eigenvalue weighted by molar-refractivity contribution is -0.384. The van der Waals surface area contributed by atoms with Crippen LogP contribution in [0.5, 0.6) is 0 Å². The topological polar surface area (TPSA) is 81.5 Å². The van der Waals surface area contributed by atoms with Gasteiger partial charge in [0.05, 0.1) is 10.8 Å². The molecule has 0 heterocycles. The molecule has 1 aromatic carbocycles. The van der Waals surface area contributed by atoms with Crippen LogP contribution in [0, 0.1) is 24.0 Å². The predicted molar refractivity (Wildman–Crippen MR) is 64.6 cm³/mol. The summed E-state index contributed by atoms with van der Waals surface area (Å²) in [6, 6.07) is 3.10. The molecule has 0 aliphatic heterocycles. The van der Waals surface area contributed by atoms with E-state index in [1.165, 1.54) is 6.07 Å². The van der Waals surface area contributed by atoms with Gasteiger partial charge < -0.3 is 5.73 Å². The molecule has 0 bridgehead atoms. The Balaban J connectivity index is 3.43. The fraction of sp³-hybridized carbons (Fsp3) is 0.300. The van der Waals surface area contributed by atoms with Crippen molar-refractivity contribution in [3.63, 3.8) is 0 Å². The number of nitro groups is 1. The number of rotatable bonds is 3. The van der Waals surface area contributed by atoms with Crippen molar-refractivity contribution >= 4 is 28.8 Å². The molecule has 0 atom stereocenters. The molecule has 0 radical (unpaired) electrons. The van der Waals surface area contributed by atoms with E-state index in [1.54, 1.807) is 13.0 Å². The van der Waals surface area contributed by atoms with Crippen LogP contribution >= 0.6 is 11.6 Å². The average molecular weight is 242 g/mol. The first-order valence-corrected chi connectivity index (χ1v) is 5.14. The van der Waals surface area contributed by atoms with Gasteiger partial charge in [-0.25, -0.2) is 4.99 Å². The summed E-state index contributed by atoms with van der Waals surface area (Å²) in [4.78, 5) is 14.3. The zero-order valence-electron chi connectivity index (χ0n) is 9.03. The number of aryl methyl sites for hydroxylation is 1. The molecule has 0 unspecified atom stereocenters. The first kappa shape index (κ1) is 12.4. The highest BCUT2D eigenvalue weighted by molar-refractivity contribution is 6.28. The molecule has 16 heavy (non-hydrogen) atoms. The molecule has 5 nitrogen and oxygen atoms in total. The standard InChI is InChI=1S/C10H12ClN3O2/c1-6-3-4-8(14(15)16)10(7(6)2)13-9(12)5-11/h3-4H,5H2,1-2H3,(H2,12,13). The van der Waals surface area contributed by atoms with Crippen LogP contribution in [0.4, 0.5) is 11.4 Å². The largest absolute Gasteiger partial charge is 0.386 e. The van der Waals surface area contributed by atoms with Crippen molar-refractivity contribution in [3.05, 3.63) is 33.4 Å². The number of hydrogen-bond acceptors (Lipinski definition) is 3. The molecule has 1 rings (SSSR count). The number of alkyl halides is 1. The molecule has 1 aromatic rings. The van der Waals surface area contributed by atoms with Gasteiger partial charge in [-0.1, -0.05) is 6.07 Å². The van der Waals surface area contributed by atoms with Crippen molar-refractivity contribution in [2.45, 2.75) is 13.8 Å². The average Bonchev–Trinajstić information content (AvgIpc) is 2.24. The highest BCUT2D eigenvalue weighted by atomic mass is 35.5. The number of amidine groups is 1. The molecule has 0 aliphatic rings. The first-order valence-electron chi connectivity index (χ1n) is 4.61. The minimum absolute atomic E-state index is 0.0462. The molecule has 0 amide bonds. The zero-order valence-corrected chi connectivity index (χ0v) is 9.78. The van der Waals surface area contributed by atoms with Gasteiger partial charge >= 0.3 is 0 Å². The van der Waals surface area contributed by atoms with Gasteiger partial charge in [-0.15, -0.1) is 11.6 Å². The van der Waals surface area contributed by atoms with Crippen LogP contribution < -0.4 is 5.73 Å². The second-order valence-corrected chi connectivity index (χ2v) is 3.64. The van der Waals surface area contributed by atoms with Crippen molar-refractivity contribution < 1.29 is 4.92 Å². The number of halogens is 1. The monoisotopic (exact) mass is 241 g/mol. The minimum atomic E-state index is -0.479. The van der Waals surface area contributed by atoms with Gasteiger partial charge in [0.15, 0.2) is 0 Å². The van der Waals surface area contributed by atoms with Crippen molar-refractivity contribution in [3.8, 4) is 0 Å². The maximum Gasteiger partial charge on any atom is 0.295 e. The molecule has 0 spiro atoms. The maximum absolute atomic E-state index is 10.8. The van der Waals surface area contributed by atoms with Gasteiger partial charge in [0.1, 0.15) is 11.5 Å². The molecular weight excluding hydrogens is 230 g/mol. The zero-order chi connectivity index (χ0) is 12.3. The first-order chi connectivity index (χ1) is 7.47. The van der Waals surface area contributed by atoms with Crippen molar-refractivity contribution in [2.75, 3.05) is 5.88 Å². The van der Waals surface area contributed by atoms with E-state index in [0.717, 1.165) is 11.1 Å². The van der Waals surface area contributed by atoms with E-state index < -0.39 is 4.92 Å². The summed E-state index contributed by atoms with van der Waals surface area (Å²) in [5.74, 6) is 0.211. The summed E-state index contributed by atoms with van der Waals surface area (Å²) in [6.07, 6.45) is 0. The Morgan fingerprint density at radius 1 is 1.56 bits per heavy atom. The summed E-state index contributed by atoms with van der Waals surface area (Å²) in [5.41, 5.74) is 7.37. The van der Waals surface area contributed by atoms with Crippen LogP contribution in [0.15, 0.2) is 17.1 Å². The minimum Gasteiger partial charge on any atom is -0.386 e. The Labute approximate surface area is 98.1 Å². The molecular formula is C10H12ClN3O2. The van der Waals surface area contributed by atoms with Gasteiger partial charge in [-0.3, -0.25) is 10.1 Å². The fourth-order valence-electron chi connectivity index (χ4n) is 1.25. The number of aliphatic imine (C=N–C) groups is 1. The van der Waals surface area contributed by atoms with Crippen molar-refractivity contribution in [2.24, 2.45) is 10.7 Å². The van der Waals surface area contributed by atoms with E-state index in [0.29, 0.717) is 0 Å². The molecule has 0 saturated heterocycles. The Hall–Kier alpha value is -1.62. The van der Waals surface area contributed by atoms with Crippen LogP contribution in [0.1, 0.15) is 11.1 Å². The smallest absolute Gasteiger partial charge is 0.295 e. The van der Waals surface area contributed by atoms with Crippen LogP contribution in [0.25, 0.3) is 0 Å². The highest BCUT2D eigenvalue weighted by Gasteiger charge is 2.16. The van der Waals surface area contributed by atoms with Gasteiger partial charge in [0.2, 0.25) is 0 Å². The van der Waals surface area contributed by atoms with Crippen molar-refractivity contribution in [1.82, 2.24) is 0 Å². The summed E-state index contributed by atoms with van der Waals surface area (Å²) in [5, 5.41) is 10.8. The summed E-state index contributed by atoms with van der Waals surface area (Å²) < 4.78 is 0. The highest BCUT2D eigenvalue weighted by Crippen LogP contribution is 2.32. The Morgan fingerprint density at radius 3 is 2.69 bits per heavy atom. The molecule has 2 N–H and O–H groups in total. The molecule has 86 valence electrons. The second-order valence-electron chi connectivity index (χ2n) is 3.37.